The van der Waals surface area contributed by atoms with Gasteiger partial charge in [0.25, 0.3) is 0 Å². The van der Waals surface area contributed by atoms with Gasteiger partial charge < -0.3 is 5.32 Å². The normalized spacial score (nSPS) is 24.8. The second kappa shape index (κ2) is 8.81. The highest BCUT2D eigenvalue weighted by Gasteiger charge is 2.25. The van der Waals surface area contributed by atoms with Crippen molar-refractivity contribution in [2.24, 2.45) is 5.92 Å². The quantitative estimate of drug-likeness (QED) is 0.454. The molecule has 94 valence electrons. The molecule has 0 radical (unpaired) electrons. The Balaban J connectivity index is 2.07. The van der Waals surface area contributed by atoms with Crippen molar-refractivity contribution in [3.8, 4) is 0 Å². The highest BCUT2D eigenvalue weighted by Crippen LogP contribution is 2.30. The van der Waals surface area contributed by atoms with Crippen LogP contribution in [0.25, 0.3) is 0 Å². The predicted molar refractivity (Wildman–Crippen MR) is 72.7 cm³/mol. The van der Waals surface area contributed by atoms with E-state index >= 15 is 0 Å². The van der Waals surface area contributed by atoms with Gasteiger partial charge in [-0.05, 0) is 51.0 Å². The fourth-order valence-corrected chi connectivity index (χ4v) is 2.85. The van der Waals surface area contributed by atoms with E-state index in [1.807, 2.05) is 6.08 Å². The van der Waals surface area contributed by atoms with Crippen molar-refractivity contribution in [2.45, 2.75) is 70.8 Å². The van der Waals surface area contributed by atoms with E-state index in [0.29, 0.717) is 0 Å². The van der Waals surface area contributed by atoms with Crippen LogP contribution >= 0.6 is 0 Å². The van der Waals surface area contributed by atoms with Crippen molar-refractivity contribution in [2.75, 3.05) is 6.54 Å². The maximum atomic E-state index is 3.77. The van der Waals surface area contributed by atoms with Gasteiger partial charge >= 0.3 is 0 Å². The van der Waals surface area contributed by atoms with Crippen LogP contribution in [-0.4, -0.2) is 12.6 Å². The molecule has 0 saturated heterocycles. The molecule has 0 aromatic heterocycles. The van der Waals surface area contributed by atoms with Crippen LogP contribution in [0.4, 0.5) is 0 Å². The van der Waals surface area contributed by atoms with Gasteiger partial charge in [0.2, 0.25) is 0 Å². The first-order valence-corrected chi connectivity index (χ1v) is 7.22. The number of unbranched alkanes of at least 4 members (excludes halogenated alkanes) is 3. The van der Waals surface area contributed by atoms with Gasteiger partial charge in [-0.1, -0.05) is 32.3 Å². The van der Waals surface area contributed by atoms with Gasteiger partial charge in [-0.25, -0.2) is 0 Å². The van der Waals surface area contributed by atoms with Gasteiger partial charge in [0.15, 0.2) is 0 Å². The zero-order valence-electron chi connectivity index (χ0n) is 11.0. The number of nitrogens with one attached hydrogen (secondary N) is 1. The second-order valence-corrected chi connectivity index (χ2v) is 5.18. The van der Waals surface area contributed by atoms with Crippen molar-refractivity contribution >= 4 is 0 Å². The summed E-state index contributed by atoms with van der Waals surface area (Å²) in [5.74, 6) is 0.968. The minimum absolute atomic E-state index is 0.833. The summed E-state index contributed by atoms with van der Waals surface area (Å²) in [5.41, 5.74) is 0. The number of hydrogen-bond acceptors (Lipinski definition) is 1. The van der Waals surface area contributed by atoms with Crippen LogP contribution in [0.1, 0.15) is 64.7 Å². The maximum absolute atomic E-state index is 3.77. The van der Waals surface area contributed by atoms with Crippen LogP contribution in [-0.2, 0) is 0 Å². The van der Waals surface area contributed by atoms with Crippen LogP contribution in [0.5, 0.6) is 0 Å². The van der Waals surface area contributed by atoms with Gasteiger partial charge in [0.05, 0.1) is 0 Å². The van der Waals surface area contributed by atoms with Crippen molar-refractivity contribution in [3.63, 3.8) is 0 Å². The molecule has 0 heterocycles. The Morgan fingerprint density at radius 2 is 2.12 bits per heavy atom. The molecule has 1 heteroatoms. The molecule has 2 atom stereocenters. The Bertz CT molecular complexity index is 176. The van der Waals surface area contributed by atoms with E-state index in [1.165, 1.54) is 64.3 Å². The molecule has 1 aliphatic carbocycles. The lowest BCUT2D eigenvalue weighted by molar-refractivity contribution is 0.367. The fourth-order valence-electron chi connectivity index (χ4n) is 2.85. The average Bonchev–Trinajstić information content (AvgIpc) is 2.74. The van der Waals surface area contributed by atoms with Crippen molar-refractivity contribution in [1.82, 2.24) is 5.32 Å². The first kappa shape index (κ1) is 13.8. The molecule has 1 saturated carbocycles. The Morgan fingerprint density at radius 1 is 1.25 bits per heavy atom. The molecule has 0 aromatic carbocycles. The fraction of sp³-hybridized carbons (Fsp3) is 0.867. The topological polar surface area (TPSA) is 12.0 Å². The van der Waals surface area contributed by atoms with Crippen LogP contribution in [0.2, 0.25) is 0 Å². The minimum Gasteiger partial charge on any atom is -0.314 e. The van der Waals surface area contributed by atoms with Gasteiger partial charge in [-0.3, -0.25) is 0 Å². The van der Waals surface area contributed by atoms with Crippen LogP contribution in [0, 0.1) is 5.92 Å². The lowest BCUT2D eigenvalue weighted by atomic mass is 9.96. The lowest BCUT2D eigenvalue weighted by Gasteiger charge is -2.20. The minimum atomic E-state index is 0.833. The third-order valence-electron chi connectivity index (χ3n) is 3.80. The Kier molecular flexibility index (Phi) is 7.58. The highest BCUT2D eigenvalue weighted by molar-refractivity contribution is 4.82. The molecule has 2 unspecified atom stereocenters. The first-order chi connectivity index (χ1) is 7.88. The molecule has 1 rings (SSSR count). The molecular formula is C15H29N. The molecule has 1 N–H and O–H groups in total. The molecular weight excluding hydrogens is 194 g/mol. The summed E-state index contributed by atoms with van der Waals surface area (Å²) in [6, 6.07) is 0.833. The van der Waals surface area contributed by atoms with Crippen molar-refractivity contribution < 1.29 is 0 Å². The SMILES string of the molecule is C=CCCCCCC1CCCC1NCCC. The van der Waals surface area contributed by atoms with Crippen LogP contribution in [0.15, 0.2) is 12.7 Å². The summed E-state index contributed by atoms with van der Waals surface area (Å²) in [7, 11) is 0. The van der Waals surface area contributed by atoms with Gasteiger partial charge in [0, 0.05) is 6.04 Å². The summed E-state index contributed by atoms with van der Waals surface area (Å²) in [6.07, 6.45) is 14.4. The second-order valence-electron chi connectivity index (χ2n) is 5.18. The lowest BCUT2D eigenvalue weighted by Crippen LogP contribution is -2.32. The van der Waals surface area contributed by atoms with Crippen molar-refractivity contribution in [3.05, 3.63) is 12.7 Å². The Labute approximate surface area is 102 Å². The zero-order valence-corrected chi connectivity index (χ0v) is 11.0. The van der Waals surface area contributed by atoms with E-state index in [4.69, 9.17) is 0 Å². The van der Waals surface area contributed by atoms with E-state index in [-0.39, 0.29) is 0 Å². The van der Waals surface area contributed by atoms with E-state index in [0.717, 1.165) is 12.0 Å². The average molecular weight is 223 g/mol. The predicted octanol–water partition coefficient (Wildman–Crippen LogP) is 4.29. The molecule has 1 aliphatic rings. The van der Waals surface area contributed by atoms with Crippen LogP contribution in [0.3, 0.4) is 0 Å². The molecule has 0 spiro atoms. The Morgan fingerprint density at radius 3 is 2.88 bits per heavy atom. The van der Waals surface area contributed by atoms with Gasteiger partial charge in [0.1, 0.15) is 0 Å². The molecule has 1 fully saturated rings. The first-order valence-electron chi connectivity index (χ1n) is 7.22. The molecule has 16 heavy (non-hydrogen) atoms. The zero-order chi connectivity index (χ0) is 11.6. The molecule has 0 aromatic rings. The summed E-state index contributed by atoms with van der Waals surface area (Å²) in [5, 5.41) is 3.72. The maximum Gasteiger partial charge on any atom is 0.00953 e. The van der Waals surface area contributed by atoms with E-state index < -0.39 is 0 Å². The number of hydrogen-bond donors (Lipinski definition) is 1. The number of allylic oxidation sites excluding steroid dienone is 1. The van der Waals surface area contributed by atoms with Gasteiger partial charge in [-0.15, -0.1) is 6.58 Å². The summed E-state index contributed by atoms with van der Waals surface area (Å²) < 4.78 is 0. The summed E-state index contributed by atoms with van der Waals surface area (Å²) in [4.78, 5) is 0. The monoisotopic (exact) mass is 223 g/mol. The summed E-state index contributed by atoms with van der Waals surface area (Å²) in [6.45, 7) is 7.23. The smallest absolute Gasteiger partial charge is 0.00953 e. The third-order valence-corrected chi connectivity index (χ3v) is 3.80. The molecule has 1 nitrogen and oxygen atoms in total. The van der Waals surface area contributed by atoms with E-state index in [9.17, 15) is 0 Å². The molecule has 0 aliphatic heterocycles. The summed E-state index contributed by atoms with van der Waals surface area (Å²) >= 11 is 0. The molecule has 0 bridgehead atoms. The highest BCUT2D eigenvalue weighted by atomic mass is 14.9. The Hall–Kier alpha value is -0.300. The third kappa shape index (κ3) is 5.16. The largest absolute Gasteiger partial charge is 0.314 e. The van der Waals surface area contributed by atoms with E-state index in [2.05, 4.69) is 18.8 Å². The molecule has 0 amide bonds. The van der Waals surface area contributed by atoms with Gasteiger partial charge in [-0.2, -0.15) is 0 Å². The van der Waals surface area contributed by atoms with Crippen molar-refractivity contribution in [1.29, 1.82) is 0 Å². The standard InChI is InChI=1S/C15H29N/c1-3-5-6-7-8-10-14-11-9-12-15(14)16-13-4-2/h3,14-16H,1,4-13H2,2H3. The van der Waals surface area contributed by atoms with E-state index in [1.54, 1.807) is 0 Å². The number of rotatable bonds is 9. The van der Waals surface area contributed by atoms with Crippen LogP contribution < -0.4 is 5.32 Å².